The summed E-state index contributed by atoms with van der Waals surface area (Å²) in [4.78, 5) is 11.6. The van der Waals surface area contributed by atoms with Gasteiger partial charge in [-0.3, -0.25) is 9.48 Å². The fraction of sp³-hybridized carbons (Fsp3) is 0.154. The number of halogens is 1. The Kier molecular flexibility index (Phi) is 5.29. The second-order valence-electron chi connectivity index (χ2n) is 4.42. The second-order valence-corrected chi connectivity index (χ2v) is 6.89. The molecule has 0 spiro atoms. The van der Waals surface area contributed by atoms with E-state index in [1.165, 1.54) is 18.6 Å². The summed E-state index contributed by atoms with van der Waals surface area (Å²) < 4.78 is 24.8. The molecule has 0 radical (unpaired) electrons. The number of carbonyl (C=O) groups is 1. The third-order valence-electron chi connectivity index (χ3n) is 2.48. The molecule has 0 fully saturated rings. The molecule has 1 N–H and O–H groups in total. The molecule has 9 heteroatoms. The lowest BCUT2D eigenvalue weighted by Gasteiger charge is -2.03. The highest BCUT2D eigenvalue weighted by molar-refractivity contribution is 7.91. The standard InChI is InChI=1S/C13H13ClN4O3S/c14-12-7-16-18(8-12)10-22(20,21)9-13(19)17-15-6-11-4-2-1-3-5-11/h1-8H,9-10H2,(H,17,19)/b15-6-. The molecule has 2 rings (SSSR count). The van der Waals surface area contributed by atoms with Crippen molar-refractivity contribution in [2.24, 2.45) is 5.10 Å². The van der Waals surface area contributed by atoms with E-state index in [-0.39, 0.29) is 0 Å². The van der Waals surface area contributed by atoms with Gasteiger partial charge in [-0.1, -0.05) is 41.9 Å². The highest BCUT2D eigenvalue weighted by atomic mass is 35.5. The molecule has 2 aromatic rings. The number of aromatic nitrogens is 2. The number of hydrogen-bond donors (Lipinski definition) is 1. The van der Waals surface area contributed by atoms with Gasteiger partial charge in [0.1, 0.15) is 11.6 Å². The maximum absolute atomic E-state index is 11.8. The predicted molar refractivity (Wildman–Crippen MR) is 83.2 cm³/mol. The van der Waals surface area contributed by atoms with Crippen LogP contribution in [0, 0.1) is 0 Å². The van der Waals surface area contributed by atoms with Crippen molar-refractivity contribution in [2.45, 2.75) is 5.88 Å². The molecule has 0 aliphatic heterocycles. The fourth-order valence-electron chi connectivity index (χ4n) is 1.61. The topological polar surface area (TPSA) is 93.4 Å². The third kappa shape index (κ3) is 5.30. The molecule has 0 atom stereocenters. The Labute approximate surface area is 132 Å². The minimum absolute atomic E-state index is 0.326. The number of benzene rings is 1. The van der Waals surface area contributed by atoms with Crippen LogP contribution >= 0.6 is 11.6 Å². The molecular weight excluding hydrogens is 328 g/mol. The van der Waals surface area contributed by atoms with Crippen molar-refractivity contribution in [1.82, 2.24) is 15.2 Å². The smallest absolute Gasteiger partial charge is 0.255 e. The Morgan fingerprint density at radius 1 is 1.36 bits per heavy atom. The van der Waals surface area contributed by atoms with Crippen LogP contribution in [-0.4, -0.2) is 36.1 Å². The summed E-state index contributed by atoms with van der Waals surface area (Å²) in [5.41, 5.74) is 2.96. The zero-order chi connectivity index (χ0) is 16.0. The van der Waals surface area contributed by atoms with Crippen LogP contribution in [0.2, 0.25) is 5.02 Å². The number of amides is 1. The molecule has 0 saturated carbocycles. The van der Waals surface area contributed by atoms with Gasteiger partial charge in [0, 0.05) is 6.20 Å². The Balaban J connectivity index is 1.87. The van der Waals surface area contributed by atoms with Gasteiger partial charge in [-0.2, -0.15) is 10.2 Å². The maximum atomic E-state index is 11.8. The molecule has 1 aromatic heterocycles. The molecule has 1 amide bonds. The van der Waals surface area contributed by atoms with E-state index in [1.807, 2.05) is 18.2 Å². The fourth-order valence-corrected chi connectivity index (χ4v) is 2.86. The largest absolute Gasteiger partial charge is 0.272 e. The number of sulfone groups is 1. The van der Waals surface area contributed by atoms with Crippen LogP contribution in [0.25, 0.3) is 0 Å². The molecule has 0 saturated heterocycles. The number of carbonyl (C=O) groups excluding carboxylic acids is 1. The van der Waals surface area contributed by atoms with Gasteiger partial charge in [0.25, 0.3) is 5.91 Å². The van der Waals surface area contributed by atoms with E-state index in [0.29, 0.717) is 5.02 Å². The van der Waals surface area contributed by atoms with Gasteiger partial charge < -0.3 is 0 Å². The molecule has 22 heavy (non-hydrogen) atoms. The molecule has 0 aliphatic carbocycles. The molecule has 1 heterocycles. The monoisotopic (exact) mass is 340 g/mol. The first-order chi connectivity index (χ1) is 10.4. The van der Waals surface area contributed by atoms with E-state index >= 15 is 0 Å². The van der Waals surface area contributed by atoms with Crippen molar-refractivity contribution in [3.8, 4) is 0 Å². The quantitative estimate of drug-likeness (QED) is 0.628. The van der Waals surface area contributed by atoms with Crippen molar-refractivity contribution in [2.75, 3.05) is 5.75 Å². The number of hydrazone groups is 1. The number of nitrogens with zero attached hydrogens (tertiary/aromatic N) is 3. The highest BCUT2D eigenvalue weighted by Crippen LogP contribution is 2.06. The highest BCUT2D eigenvalue weighted by Gasteiger charge is 2.17. The minimum atomic E-state index is -3.66. The van der Waals surface area contributed by atoms with Crippen molar-refractivity contribution in [3.05, 3.63) is 53.3 Å². The van der Waals surface area contributed by atoms with Gasteiger partial charge in [0.15, 0.2) is 9.84 Å². The van der Waals surface area contributed by atoms with Crippen molar-refractivity contribution < 1.29 is 13.2 Å². The van der Waals surface area contributed by atoms with Crippen molar-refractivity contribution in [1.29, 1.82) is 0 Å². The van der Waals surface area contributed by atoms with Crippen LogP contribution < -0.4 is 5.43 Å². The lowest BCUT2D eigenvalue weighted by atomic mass is 10.2. The van der Waals surface area contributed by atoms with E-state index in [1.54, 1.807) is 12.1 Å². The number of nitrogens with one attached hydrogen (secondary N) is 1. The van der Waals surface area contributed by atoms with E-state index in [4.69, 9.17) is 11.6 Å². The molecule has 0 bridgehead atoms. The average Bonchev–Trinajstić information content (AvgIpc) is 2.83. The van der Waals surface area contributed by atoms with E-state index in [2.05, 4.69) is 15.6 Å². The van der Waals surface area contributed by atoms with Crippen molar-refractivity contribution >= 4 is 33.6 Å². The van der Waals surface area contributed by atoms with Gasteiger partial charge in [-0.05, 0) is 5.56 Å². The summed E-state index contributed by atoms with van der Waals surface area (Å²) >= 11 is 5.65. The average molecular weight is 341 g/mol. The molecule has 116 valence electrons. The van der Waals surface area contributed by atoms with Gasteiger partial charge in [0.05, 0.1) is 17.4 Å². The van der Waals surface area contributed by atoms with Gasteiger partial charge >= 0.3 is 0 Å². The van der Waals surface area contributed by atoms with Crippen LogP contribution in [-0.2, 0) is 20.5 Å². The van der Waals surface area contributed by atoms with E-state index < -0.39 is 27.4 Å². The predicted octanol–water partition coefficient (Wildman–Crippen LogP) is 1.06. The lowest BCUT2D eigenvalue weighted by molar-refractivity contribution is -0.118. The Bertz CT molecular complexity index is 772. The van der Waals surface area contributed by atoms with E-state index in [0.717, 1.165) is 10.2 Å². The number of rotatable bonds is 6. The molecule has 0 aliphatic rings. The van der Waals surface area contributed by atoms with Crippen LogP contribution in [0.15, 0.2) is 47.8 Å². The number of hydrogen-bond acceptors (Lipinski definition) is 5. The summed E-state index contributed by atoms with van der Waals surface area (Å²) in [5, 5.41) is 7.78. The summed E-state index contributed by atoms with van der Waals surface area (Å²) in [5.74, 6) is -1.82. The summed E-state index contributed by atoms with van der Waals surface area (Å²) in [6.45, 7) is 0. The zero-order valence-electron chi connectivity index (χ0n) is 11.4. The molecule has 1 aromatic carbocycles. The van der Waals surface area contributed by atoms with Crippen LogP contribution in [0.4, 0.5) is 0 Å². The summed E-state index contributed by atoms with van der Waals surface area (Å²) in [6.07, 6.45) is 4.11. The Hall–Kier alpha value is -2.19. The first-order valence-corrected chi connectivity index (χ1v) is 8.40. The molecular formula is C13H13ClN4O3S. The van der Waals surface area contributed by atoms with Gasteiger partial charge in [0.2, 0.25) is 0 Å². The third-order valence-corrected chi connectivity index (χ3v) is 4.04. The zero-order valence-corrected chi connectivity index (χ0v) is 13.0. The summed E-state index contributed by atoms with van der Waals surface area (Å²) in [7, 11) is -3.66. The minimum Gasteiger partial charge on any atom is -0.272 e. The normalized spacial score (nSPS) is 11.7. The van der Waals surface area contributed by atoms with Crippen LogP contribution in [0.5, 0.6) is 0 Å². The Morgan fingerprint density at radius 2 is 2.09 bits per heavy atom. The first kappa shape index (κ1) is 16.2. The second kappa shape index (κ2) is 7.19. The van der Waals surface area contributed by atoms with Gasteiger partial charge in [-0.25, -0.2) is 13.8 Å². The lowest BCUT2D eigenvalue weighted by Crippen LogP contribution is -2.28. The van der Waals surface area contributed by atoms with Crippen molar-refractivity contribution in [3.63, 3.8) is 0 Å². The SMILES string of the molecule is O=C(CS(=O)(=O)Cn1cc(Cl)cn1)N/N=C\c1ccccc1. The Morgan fingerprint density at radius 3 is 2.73 bits per heavy atom. The molecule has 0 unspecified atom stereocenters. The van der Waals surface area contributed by atoms with E-state index in [9.17, 15) is 13.2 Å². The maximum Gasteiger partial charge on any atom is 0.255 e. The van der Waals surface area contributed by atoms with Crippen LogP contribution in [0.3, 0.4) is 0 Å². The van der Waals surface area contributed by atoms with Gasteiger partial charge in [-0.15, -0.1) is 0 Å². The van der Waals surface area contributed by atoms with Crippen LogP contribution in [0.1, 0.15) is 5.56 Å². The summed E-state index contributed by atoms with van der Waals surface area (Å²) in [6, 6.07) is 9.09. The first-order valence-electron chi connectivity index (χ1n) is 6.20. The molecule has 7 nitrogen and oxygen atoms in total.